The summed E-state index contributed by atoms with van der Waals surface area (Å²) in [7, 11) is 0. The van der Waals surface area contributed by atoms with Crippen LogP contribution in [0.25, 0.3) is 0 Å². The predicted octanol–water partition coefficient (Wildman–Crippen LogP) is 3.46. The molecule has 116 valence electrons. The maximum absolute atomic E-state index is 13.9. The van der Waals surface area contributed by atoms with Crippen molar-refractivity contribution in [3.8, 4) is 0 Å². The number of hydrogen-bond acceptors (Lipinski definition) is 2. The van der Waals surface area contributed by atoms with Gasteiger partial charge >= 0.3 is 0 Å². The summed E-state index contributed by atoms with van der Waals surface area (Å²) in [4.78, 5) is 1.72. The molecule has 2 nitrogen and oxygen atoms in total. The molecule has 3 rings (SSSR count). The van der Waals surface area contributed by atoms with Crippen LogP contribution in [0.3, 0.4) is 0 Å². The summed E-state index contributed by atoms with van der Waals surface area (Å²) in [6.07, 6.45) is 6.12. The van der Waals surface area contributed by atoms with E-state index in [4.69, 9.17) is 0 Å². The average Bonchev–Trinajstić information content (AvgIpc) is 2.47. The summed E-state index contributed by atoms with van der Waals surface area (Å²) >= 11 is 0. The standard InChI is InChI=1S/C16H21F3N2/c17-12-8-13(18)16(14(19)9-12)21-7-6-20-15(10-21)11-4-2-1-3-5-11/h8-9,11,15,20H,1-7,10H2. The van der Waals surface area contributed by atoms with Gasteiger partial charge in [0.05, 0.1) is 0 Å². The quantitative estimate of drug-likeness (QED) is 0.899. The second-order valence-corrected chi connectivity index (χ2v) is 6.12. The second kappa shape index (κ2) is 6.26. The Hall–Kier alpha value is -1.23. The SMILES string of the molecule is Fc1cc(F)c(N2CCNC(C3CCCCC3)C2)c(F)c1. The fraction of sp³-hybridized carbons (Fsp3) is 0.625. The summed E-state index contributed by atoms with van der Waals surface area (Å²) < 4.78 is 40.9. The van der Waals surface area contributed by atoms with Gasteiger partial charge in [-0.05, 0) is 18.8 Å². The van der Waals surface area contributed by atoms with Crippen LogP contribution in [0.15, 0.2) is 12.1 Å². The van der Waals surface area contributed by atoms with Crippen LogP contribution in [0.4, 0.5) is 18.9 Å². The first kappa shape index (κ1) is 14.7. The van der Waals surface area contributed by atoms with Crippen LogP contribution in [-0.2, 0) is 0 Å². The Morgan fingerprint density at radius 3 is 2.33 bits per heavy atom. The van der Waals surface area contributed by atoms with Crippen molar-refractivity contribution in [3.63, 3.8) is 0 Å². The number of halogens is 3. The maximum atomic E-state index is 13.9. The molecule has 1 unspecified atom stereocenters. The minimum atomic E-state index is -0.868. The molecule has 1 aromatic rings. The zero-order chi connectivity index (χ0) is 14.8. The molecule has 5 heteroatoms. The summed E-state index contributed by atoms with van der Waals surface area (Å²) in [5.41, 5.74) is -0.0845. The minimum Gasteiger partial charge on any atom is -0.364 e. The van der Waals surface area contributed by atoms with Gasteiger partial charge < -0.3 is 10.2 Å². The van der Waals surface area contributed by atoms with Crippen molar-refractivity contribution in [1.82, 2.24) is 5.32 Å². The van der Waals surface area contributed by atoms with Crippen LogP contribution < -0.4 is 10.2 Å². The molecule has 1 aliphatic heterocycles. The number of benzene rings is 1. The van der Waals surface area contributed by atoms with Gasteiger partial charge in [-0.1, -0.05) is 19.3 Å². The van der Waals surface area contributed by atoms with Gasteiger partial charge in [0.25, 0.3) is 0 Å². The third-order valence-corrected chi connectivity index (χ3v) is 4.72. The largest absolute Gasteiger partial charge is 0.364 e. The van der Waals surface area contributed by atoms with E-state index in [-0.39, 0.29) is 11.7 Å². The maximum Gasteiger partial charge on any atom is 0.152 e. The van der Waals surface area contributed by atoms with Gasteiger partial charge in [-0.2, -0.15) is 0 Å². The number of hydrogen-bond donors (Lipinski definition) is 1. The summed E-state index contributed by atoms with van der Waals surface area (Å²) in [5, 5.41) is 3.48. The molecule has 0 spiro atoms. The lowest BCUT2D eigenvalue weighted by Gasteiger charge is -2.40. The molecular weight excluding hydrogens is 277 g/mol. The molecular formula is C16H21F3N2. The molecule has 1 saturated heterocycles. The number of nitrogens with zero attached hydrogens (tertiary/aromatic N) is 1. The number of nitrogens with one attached hydrogen (secondary N) is 1. The van der Waals surface area contributed by atoms with Crippen molar-refractivity contribution in [2.45, 2.75) is 38.1 Å². The Balaban J connectivity index is 1.76. The van der Waals surface area contributed by atoms with Gasteiger partial charge in [-0.25, -0.2) is 13.2 Å². The number of anilines is 1. The van der Waals surface area contributed by atoms with Crippen LogP contribution in [0.2, 0.25) is 0 Å². The molecule has 1 aromatic carbocycles. The lowest BCUT2D eigenvalue weighted by Crippen LogP contribution is -2.54. The molecule has 1 atom stereocenters. The minimum absolute atomic E-state index is 0.0845. The normalized spacial score (nSPS) is 24.3. The van der Waals surface area contributed by atoms with E-state index in [1.165, 1.54) is 32.1 Å². The third-order valence-electron chi connectivity index (χ3n) is 4.72. The highest BCUT2D eigenvalue weighted by Crippen LogP contribution is 2.30. The van der Waals surface area contributed by atoms with Crippen molar-refractivity contribution >= 4 is 5.69 Å². The van der Waals surface area contributed by atoms with Crippen molar-refractivity contribution in [3.05, 3.63) is 29.6 Å². The van der Waals surface area contributed by atoms with Crippen LogP contribution in [0.5, 0.6) is 0 Å². The first-order chi connectivity index (χ1) is 10.1. The first-order valence-electron chi connectivity index (χ1n) is 7.78. The van der Waals surface area contributed by atoms with E-state index in [2.05, 4.69) is 5.32 Å². The predicted molar refractivity (Wildman–Crippen MR) is 76.9 cm³/mol. The lowest BCUT2D eigenvalue weighted by atomic mass is 9.83. The Labute approximate surface area is 123 Å². The molecule has 2 fully saturated rings. The lowest BCUT2D eigenvalue weighted by molar-refractivity contribution is 0.256. The highest BCUT2D eigenvalue weighted by Gasteiger charge is 2.30. The van der Waals surface area contributed by atoms with Gasteiger partial charge in [0, 0.05) is 37.8 Å². The fourth-order valence-corrected chi connectivity index (χ4v) is 3.67. The summed E-state index contributed by atoms with van der Waals surface area (Å²) in [5.74, 6) is -1.91. The van der Waals surface area contributed by atoms with E-state index in [9.17, 15) is 13.2 Å². The third kappa shape index (κ3) is 3.18. The fourth-order valence-electron chi connectivity index (χ4n) is 3.67. The molecule has 1 N–H and O–H groups in total. The van der Waals surface area contributed by atoms with Crippen LogP contribution in [0.1, 0.15) is 32.1 Å². The molecule has 0 aromatic heterocycles. The number of rotatable bonds is 2. The summed E-state index contributed by atoms with van der Waals surface area (Å²) in [6, 6.07) is 1.79. The topological polar surface area (TPSA) is 15.3 Å². The van der Waals surface area contributed by atoms with Crippen molar-refractivity contribution < 1.29 is 13.2 Å². The Morgan fingerprint density at radius 1 is 1.00 bits per heavy atom. The molecule has 2 aliphatic rings. The molecule has 21 heavy (non-hydrogen) atoms. The molecule has 0 radical (unpaired) electrons. The van der Waals surface area contributed by atoms with Crippen molar-refractivity contribution in [2.24, 2.45) is 5.92 Å². The highest BCUT2D eigenvalue weighted by atomic mass is 19.1. The van der Waals surface area contributed by atoms with E-state index < -0.39 is 17.5 Å². The Morgan fingerprint density at radius 2 is 1.67 bits per heavy atom. The molecule has 1 aliphatic carbocycles. The van der Waals surface area contributed by atoms with Crippen LogP contribution in [0, 0.1) is 23.4 Å². The Kier molecular flexibility index (Phi) is 4.38. The van der Waals surface area contributed by atoms with Gasteiger partial charge in [-0.3, -0.25) is 0 Å². The van der Waals surface area contributed by atoms with E-state index in [0.29, 0.717) is 25.6 Å². The van der Waals surface area contributed by atoms with E-state index >= 15 is 0 Å². The van der Waals surface area contributed by atoms with Gasteiger partial charge in [0.1, 0.15) is 11.5 Å². The van der Waals surface area contributed by atoms with E-state index in [0.717, 1.165) is 12.1 Å². The van der Waals surface area contributed by atoms with Gasteiger partial charge in [-0.15, -0.1) is 0 Å². The van der Waals surface area contributed by atoms with Crippen molar-refractivity contribution in [1.29, 1.82) is 0 Å². The average molecular weight is 298 g/mol. The van der Waals surface area contributed by atoms with Crippen molar-refractivity contribution in [2.75, 3.05) is 24.5 Å². The first-order valence-corrected chi connectivity index (χ1v) is 7.78. The van der Waals surface area contributed by atoms with Crippen LogP contribution in [-0.4, -0.2) is 25.7 Å². The van der Waals surface area contributed by atoms with E-state index in [1.54, 1.807) is 4.90 Å². The molecule has 0 bridgehead atoms. The van der Waals surface area contributed by atoms with E-state index in [1.807, 2.05) is 0 Å². The summed E-state index contributed by atoms with van der Waals surface area (Å²) in [6.45, 7) is 1.84. The second-order valence-electron chi connectivity index (χ2n) is 6.12. The highest BCUT2D eigenvalue weighted by molar-refractivity contribution is 5.50. The number of piperazine rings is 1. The molecule has 1 saturated carbocycles. The zero-order valence-corrected chi connectivity index (χ0v) is 12.0. The molecule has 0 amide bonds. The monoisotopic (exact) mass is 298 g/mol. The molecule has 1 heterocycles. The van der Waals surface area contributed by atoms with Gasteiger partial charge in [0.2, 0.25) is 0 Å². The van der Waals surface area contributed by atoms with Gasteiger partial charge in [0.15, 0.2) is 11.6 Å². The smallest absolute Gasteiger partial charge is 0.152 e. The zero-order valence-electron chi connectivity index (χ0n) is 12.0. The Bertz CT molecular complexity index is 477. The van der Waals surface area contributed by atoms with Crippen LogP contribution >= 0.6 is 0 Å².